The van der Waals surface area contributed by atoms with Crippen molar-refractivity contribution in [1.82, 2.24) is 4.90 Å². The van der Waals surface area contributed by atoms with Gasteiger partial charge in [-0.05, 0) is 37.0 Å². The highest BCUT2D eigenvalue weighted by Gasteiger charge is 2.28. The van der Waals surface area contributed by atoms with Gasteiger partial charge in [0.05, 0.1) is 11.3 Å². The van der Waals surface area contributed by atoms with Crippen LogP contribution in [-0.2, 0) is 9.84 Å². The van der Waals surface area contributed by atoms with Crippen LogP contribution >= 0.6 is 0 Å². The summed E-state index contributed by atoms with van der Waals surface area (Å²) in [6.07, 6.45) is 2.68. The molecule has 1 aliphatic heterocycles. The van der Waals surface area contributed by atoms with E-state index in [0.29, 0.717) is 13.1 Å². The molecule has 1 aromatic rings. The quantitative estimate of drug-likeness (QED) is 0.821. The van der Waals surface area contributed by atoms with Crippen LogP contribution in [0.2, 0.25) is 0 Å². The smallest absolute Gasteiger partial charge is 0.257 e. The Hall–Kier alpha value is -1.67. The second-order valence-electron chi connectivity index (χ2n) is 6.13. The number of carbonyl (C=O) groups is 1. The molecule has 0 bridgehead atoms. The van der Waals surface area contributed by atoms with E-state index in [4.69, 9.17) is 10.5 Å². The number of carbonyl (C=O) groups excluding carboxylic acids is 1. The lowest BCUT2D eigenvalue weighted by molar-refractivity contribution is 0.0679. The van der Waals surface area contributed by atoms with Crippen molar-refractivity contribution < 1.29 is 22.3 Å². The molecule has 0 saturated carbocycles. The Kier molecular flexibility index (Phi) is 6.17. The number of nitrogens with zero attached hydrogens (tertiary/aromatic N) is 1. The summed E-state index contributed by atoms with van der Waals surface area (Å²) in [6, 6.07) is 3.79. The Bertz CT molecular complexity index is 693. The third-order valence-electron chi connectivity index (χ3n) is 3.89. The minimum absolute atomic E-state index is 0.0520. The van der Waals surface area contributed by atoms with Gasteiger partial charge in [-0.3, -0.25) is 4.79 Å². The first-order valence-corrected chi connectivity index (χ1v) is 9.95. The molecule has 1 aromatic carbocycles. The van der Waals surface area contributed by atoms with Crippen LogP contribution in [0.25, 0.3) is 0 Å². The molecule has 8 heteroatoms. The normalized spacial score (nSPS) is 18.5. The Balaban J connectivity index is 2.17. The average Bonchev–Trinajstić information content (AvgIpc) is 2.51. The summed E-state index contributed by atoms with van der Waals surface area (Å²) in [4.78, 5) is 14.3. The molecule has 6 nitrogen and oxygen atoms in total. The predicted octanol–water partition coefficient (Wildman–Crippen LogP) is 1.06. The second kappa shape index (κ2) is 7.94. The minimum atomic E-state index is -3.10. The summed E-state index contributed by atoms with van der Waals surface area (Å²) < 4.78 is 41.9. The van der Waals surface area contributed by atoms with E-state index >= 15 is 0 Å². The number of hydrogen-bond acceptors (Lipinski definition) is 5. The summed E-state index contributed by atoms with van der Waals surface area (Å²) in [6.45, 7) is 1.37. The molecular weight excluding hydrogens is 335 g/mol. The van der Waals surface area contributed by atoms with Gasteiger partial charge in [0.2, 0.25) is 0 Å². The third-order valence-corrected chi connectivity index (χ3v) is 4.97. The molecule has 2 N–H and O–H groups in total. The van der Waals surface area contributed by atoms with Gasteiger partial charge in [0.15, 0.2) is 0 Å². The fraction of sp³-hybridized carbons (Fsp3) is 0.562. The highest BCUT2D eigenvalue weighted by molar-refractivity contribution is 7.90. The van der Waals surface area contributed by atoms with Crippen LogP contribution < -0.4 is 10.5 Å². The Morgan fingerprint density at radius 2 is 2.21 bits per heavy atom. The van der Waals surface area contributed by atoms with E-state index in [1.54, 1.807) is 4.90 Å². The van der Waals surface area contributed by atoms with E-state index in [1.165, 1.54) is 18.4 Å². The molecule has 0 aromatic heterocycles. The number of halogens is 1. The highest BCUT2D eigenvalue weighted by atomic mass is 32.2. The van der Waals surface area contributed by atoms with Gasteiger partial charge in [-0.1, -0.05) is 0 Å². The van der Waals surface area contributed by atoms with Crippen LogP contribution in [-0.4, -0.2) is 57.5 Å². The molecule has 1 heterocycles. The lowest BCUT2D eigenvalue weighted by Gasteiger charge is -2.32. The fourth-order valence-electron chi connectivity index (χ4n) is 2.95. The van der Waals surface area contributed by atoms with Gasteiger partial charge in [0.1, 0.15) is 28.0 Å². The molecule has 134 valence electrons. The van der Waals surface area contributed by atoms with Crippen molar-refractivity contribution in [1.29, 1.82) is 0 Å². The van der Waals surface area contributed by atoms with Crippen molar-refractivity contribution in [2.24, 2.45) is 11.7 Å². The van der Waals surface area contributed by atoms with Crippen molar-refractivity contribution in [2.45, 2.75) is 12.8 Å². The SMILES string of the molecule is CS(=O)(=O)CC1CCCN(C(=O)c2cc(F)ccc2OCCN)C1. The average molecular weight is 358 g/mol. The van der Waals surface area contributed by atoms with Crippen molar-refractivity contribution in [3.05, 3.63) is 29.6 Å². The van der Waals surface area contributed by atoms with Crippen LogP contribution in [0.3, 0.4) is 0 Å². The van der Waals surface area contributed by atoms with Crippen molar-refractivity contribution in [3.8, 4) is 5.75 Å². The first kappa shape index (κ1) is 18.7. The lowest BCUT2D eigenvalue weighted by atomic mass is 9.99. The van der Waals surface area contributed by atoms with E-state index in [2.05, 4.69) is 0 Å². The Morgan fingerprint density at radius 1 is 1.46 bits per heavy atom. The second-order valence-corrected chi connectivity index (χ2v) is 8.31. The molecule has 24 heavy (non-hydrogen) atoms. The van der Waals surface area contributed by atoms with E-state index in [-0.39, 0.29) is 42.0 Å². The third kappa shape index (κ3) is 5.17. The summed E-state index contributed by atoms with van der Waals surface area (Å²) in [5.74, 6) is -0.629. The molecule has 1 amide bonds. The molecule has 1 aliphatic rings. The maximum absolute atomic E-state index is 13.6. The summed E-state index contributed by atoms with van der Waals surface area (Å²) >= 11 is 0. The molecule has 0 aliphatic carbocycles. The molecular formula is C16H23FN2O4S. The van der Waals surface area contributed by atoms with Gasteiger partial charge in [0.25, 0.3) is 5.91 Å². The molecule has 2 rings (SSSR count). The maximum Gasteiger partial charge on any atom is 0.257 e. The largest absolute Gasteiger partial charge is 0.491 e. The van der Waals surface area contributed by atoms with E-state index in [1.807, 2.05) is 0 Å². The molecule has 1 unspecified atom stereocenters. The fourth-order valence-corrected chi connectivity index (χ4v) is 4.08. The molecule has 1 saturated heterocycles. The lowest BCUT2D eigenvalue weighted by Crippen LogP contribution is -2.42. The molecule has 1 atom stereocenters. The monoisotopic (exact) mass is 358 g/mol. The van der Waals surface area contributed by atoms with E-state index in [9.17, 15) is 17.6 Å². The minimum Gasteiger partial charge on any atom is -0.491 e. The zero-order valence-electron chi connectivity index (χ0n) is 13.7. The summed E-state index contributed by atoms with van der Waals surface area (Å²) in [5.41, 5.74) is 5.54. The maximum atomic E-state index is 13.6. The van der Waals surface area contributed by atoms with Crippen molar-refractivity contribution >= 4 is 15.7 Å². The van der Waals surface area contributed by atoms with Gasteiger partial charge >= 0.3 is 0 Å². The summed E-state index contributed by atoms with van der Waals surface area (Å²) in [5, 5.41) is 0. The van der Waals surface area contributed by atoms with Gasteiger partial charge < -0.3 is 15.4 Å². The number of hydrogen-bond donors (Lipinski definition) is 1. The number of ether oxygens (including phenoxy) is 1. The zero-order valence-corrected chi connectivity index (χ0v) is 14.5. The standard InChI is InChI=1S/C16H23FN2O4S/c1-24(21,22)11-12-3-2-7-19(10-12)16(20)14-9-13(17)4-5-15(14)23-8-6-18/h4-5,9,12H,2-3,6-8,10-11,18H2,1H3. The molecule has 0 spiro atoms. The topological polar surface area (TPSA) is 89.7 Å². The Morgan fingerprint density at radius 3 is 2.88 bits per heavy atom. The number of piperidine rings is 1. The number of benzene rings is 1. The zero-order chi connectivity index (χ0) is 17.7. The van der Waals surface area contributed by atoms with Gasteiger partial charge in [-0.25, -0.2) is 12.8 Å². The van der Waals surface area contributed by atoms with Gasteiger partial charge in [-0.15, -0.1) is 0 Å². The first-order chi connectivity index (χ1) is 11.3. The highest BCUT2D eigenvalue weighted by Crippen LogP contribution is 2.25. The summed E-state index contributed by atoms with van der Waals surface area (Å²) in [7, 11) is -3.10. The predicted molar refractivity (Wildman–Crippen MR) is 89.3 cm³/mol. The first-order valence-electron chi connectivity index (χ1n) is 7.89. The van der Waals surface area contributed by atoms with Gasteiger partial charge in [0, 0.05) is 25.9 Å². The van der Waals surface area contributed by atoms with Gasteiger partial charge in [-0.2, -0.15) is 0 Å². The number of nitrogens with two attached hydrogens (primary N) is 1. The number of rotatable bonds is 6. The van der Waals surface area contributed by atoms with Crippen LogP contribution in [0.15, 0.2) is 18.2 Å². The molecule has 1 fully saturated rings. The molecule has 0 radical (unpaired) electrons. The van der Waals surface area contributed by atoms with E-state index < -0.39 is 15.7 Å². The van der Waals surface area contributed by atoms with Crippen molar-refractivity contribution in [2.75, 3.05) is 38.2 Å². The Labute approximate surface area is 141 Å². The number of sulfone groups is 1. The number of likely N-dealkylation sites (tertiary alicyclic amines) is 1. The van der Waals surface area contributed by atoms with Crippen molar-refractivity contribution in [3.63, 3.8) is 0 Å². The van der Waals surface area contributed by atoms with Crippen LogP contribution in [0.5, 0.6) is 5.75 Å². The van der Waals surface area contributed by atoms with E-state index in [0.717, 1.165) is 18.9 Å². The number of amides is 1. The van der Waals surface area contributed by atoms with Crippen LogP contribution in [0, 0.1) is 11.7 Å². The van der Waals surface area contributed by atoms with Crippen LogP contribution in [0.1, 0.15) is 23.2 Å². The van der Waals surface area contributed by atoms with Crippen LogP contribution in [0.4, 0.5) is 4.39 Å².